The predicted molar refractivity (Wildman–Crippen MR) is 127 cm³/mol. The van der Waals surface area contributed by atoms with Gasteiger partial charge in [0.25, 0.3) is 0 Å². The van der Waals surface area contributed by atoms with E-state index in [2.05, 4.69) is 32.1 Å². The van der Waals surface area contributed by atoms with Crippen molar-refractivity contribution in [2.24, 2.45) is 0 Å². The Bertz CT molecular complexity index is 1280. The van der Waals surface area contributed by atoms with Crippen LogP contribution in [0.3, 0.4) is 0 Å². The number of nitrogens with two attached hydrogens (primary N) is 1. The van der Waals surface area contributed by atoms with Crippen LogP contribution >= 0.6 is 0 Å². The van der Waals surface area contributed by atoms with E-state index in [1.165, 1.54) is 4.90 Å². The largest absolute Gasteiger partial charge is 0.490 e. The van der Waals surface area contributed by atoms with Gasteiger partial charge in [0.05, 0.1) is 12.8 Å². The van der Waals surface area contributed by atoms with E-state index in [0.717, 1.165) is 19.3 Å². The molecule has 1 aliphatic rings. The molecule has 3 aromatic heterocycles. The second-order valence-corrected chi connectivity index (χ2v) is 8.92. The van der Waals surface area contributed by atoms with Crippen molar-refractivity contribution in [1.29, 1.82) is 0 Å². The van der Waals surface area contributed by atoms with E-state index >= 15 is 0 Å². The summed E-state index contributed by atoms with van der Waals surface area (Å²) in [6.07, 6.45) is 3.90. The van der Waals surface area contributed by atoms with Crippen LogP contribution in [-0.4, -0.2) is 70.8 Å². The molecule has 1 saturated heterocycles. The summed E-state index contributed by atoms with van der Waals surface area (Å²) in [5.41, 5.74) is 6.47. The van der Waals surface area contributed by atoms with Crippen molar-refractivity contribution in [3.05, 3.63) is 11.9 Å². The molecule has 1 fully saturated rings. The van der Waals surface area contributed by atoms with Gasteiger partial charge in [0, 0.05) is 25.6 Å². The fourth-order valence-electron chi connectivity index (χ4n) is 4.22. The third-order valence-corrected chi connectivity index (χ3v) is 5.85. The zero-order valence-electron chi connectivity index (χ0n) is 20.0. The molecule has 1 amide bonds. The summed E-state index contributed by atoms with van der Waals surface area (Å²) in [6.45, 7) is 6.45. The first-order valence-corrected chi connectivity index (χ1v) is 11.5. The highest BCUT2D eigenvalue weighted by molar-refractivity contribution is 5.89. The Labute approximate surface area is 202 Å². The van der Waals surface area contributed by atoms with Gasteiger partial charge in [-0.3, -0.25) is 0 Å². The van der Waals surface area contributed by atoms with E-state index in [4.69, 9.17) is 15.1 Å². The van der Waals surface area contributed by atoms with E-state index in [1.54, 1.807) is 20.0 Å². The van der Waals surface area contributed by atoms with Crippen molar-refractivity contribution in [2.45, 2.75) is 64.6 Å². The first-order valence-electron chi connectivity index (χ1n) is 11.5. The predicted octanol–water partition coefficient (Wildman–Crippen LogP) is 2.51. The third kappa shape index (κ3) is 5.14. The molecule has 4 N–H and O–H groups in total. The van der Waals surface area contributed by atoms with Gasteiger partial charge in [0.15, 0.2) is 23.1 Å². The summed E-state index contributed by atoms with van der Waals surface area (Å²) in [5, 5.41) is 27.1. The molecular formula is C23H29N7O5. The highest BCUT2D eigenvalue weighted by atomic mass is 16.6. The van der Waals surface area contributed by atoms with Crippen molar-refractivity contribution in [2.75, 3.05) is 18.9 Å². The lowest BCUT2D eigenvalue weighted by Crippen LogP contribution is -2.43. The molecule has 1 aliphatic heterocycles. The molecule has 0 aliphatic carbocycles. The quantitative estimate of drug-likeness (QED) is 0.443. The lowest BCUT2D eigenvalue weighted by Gasteiger charge is -2.33. The van der Waals surface area contributed by atoms with Gasteiger partial charge in [-0.1, -0.05) is 5.92 Å². The molecule has 0 saturated carbocycles. The van der Waals surface area contributed by atoms with E-state index < -0.39 is 11.7 Å². The van der Waals surface area contributed by atoms with Gasteiger partial charge < -0.3 is 30.2 Å². The molecule has 35 heavy (non-hydrogen) atoms. The van der Waals surface area contributed by atoms with E-state index in [1.807, 2.05) is 11.5 Å². The number of pyridine rings is 1. The number of nitrogen functional groups attached to an aromatic ring is 1. The highest BCUT2D eigenvalue weighted by Gasteiger charge is 2.27. The van der Waals surface area contributed by atoms with Crippen LogP contribution in [0.2, 0.25) is 0 Å². The zero-order chi connectivity index (χ0) is 25.2. The fraction of sp³-hybridized carbons (Fsp3) is 0.522. The number of hydrogen-bond acceptors (Lipinski definition) is 9. The average Bonchev–Trinajstić information content (AvgIpc) is 3.41. The van der Waals surface area contributed by atoms with Crippen LogP contribution in [0.15, 0.2) is 10.8 Å². The highest BCUT2D eigenvalue weighted by Crippen LogP contribution is 2.33. The molecule has 186 valence electrons. The second-order valence-electron chi connectivity index (χ2n) is 8.92. The van der Waals surface area contributed by atoms with E-state index in [-0.39, 0.29) is 17.6 Å². The van der Waals surface area contributed by atoms with E-state index in [0.29, 0.717) is 54.4 Å². The SMILES string of the molecule is CCn1c(-c2nonc2N)nc2c(C#CC(C)(C)O)ncc(OCC[C@@H]3CCCCN3C(=O)O)c21. The maximum Gasteiger partial charge on any atom is 0.407 e. The molecule has 12 heteroatoms. The van der Waals surface area contributed by atoms with Crippen LogP contribution in [0, 0.1) is 11.8 Å². The van der Waals surface area contributed by atoms with Gasteiger partial charge in [0.2, 0.25) is 0 Å². The number of aryl methyl sites for hydroxylation is 1. The maximum atomic E-state index is 11.6. The molecule has 1 atom stereocenters. The minimum atomic E-state index is -1.21. The number of carbonyl (C=O) groups is 1. The van der Waals surface area contributed by atoms with Crippen molar-refractivity contribution in [3.63, 3.8) is 0 Å². The van der Waals surface area contributed by atoms with Crippen molar-refractivity contribution < 1.29 is 24.4 Å². The molecule has 0 spiro atoms. The number of fused-ring (bicyclic) bond motifs is 1. The number of amides is 1. The summed E-state index contributed by atoms with van der Waals surface area (Å²) in [4.78, 5) is 22.2. The minimum absolute atomic E-state index is 0.0886. The number of hydrogen-bond donors (Lipinski definition) is 3. The number of carboxylic acid groups (broad SMARTS) is 1. The molecule has 0 unspecified atom stereocenters. The minimum Gasteiger partial charge on any atom is -0.490 e. The zero-order valence-corrected chi connectivity index (χ0v) is 20.0. The molecule has 0 bridgehead atoms. The lowest BCUT2D eigenvalue weighted by atomic mass is 10.0. The van der Waals surface area contributed by atoms with Crippen LogP contribution in [0.5, 0.6) is 5.75 Å². The summed E-state index contributed by atoms with van der Waals surface area (Å²) >= 11 is 0. The maximum absolute atomic E-state index is 11.6. The summed E-state index contributed by atoms with van der Waals surface area (Å²) < 4.78 is 12.8. The van der Waals surface area contributed by atoms with Gasteiger partial charge in [-0.05, 0) is 56.3 Å². The summed E-state index contributed by atoms with van der Waals surface area (Å²) in [7, 11) is 0. The number of imidazole rings is 1. The Morgan fingerprint density at radius 2 is 2.17 bits per heavy atom. The lowest BCUT2D eigenvalue weighted by molar-refractivity contribution is 0.0968. The molecule has 3 aromatic rings. The first kappa shape index (κ1) is 24.3. The normalized spacial score (nSPS) is 16.2. The number of ether oxygens (including phenoxy) is 1. The molecule has 4 rings (SSSR count). The Morgan fingerprint density at radius 1 is 1.37 bits per heavy atom. The third-order valence-electron chi connectivity index (χ3n) is 5.85. The average molecular weight is 484 g/mol. The Kier molecular flexibility index (Phi) is 6.79. The number of aliphatic hydroxyl groups is 1. The van der Waals surface area contributed by atoms with Crippen molar-refractivity contribution in [1.82, 2.24) is 29.7 Å². The van der Waals surface area contributed by atoms with Gasteiger partial charge >= 0.3 is 6.09 Å². The van der Waals surface area contributed by atoms with Crippen molar-refractivity contribution >= 4 is 22.9 Å². The van der Waals surface area contributed by atoms with Gasteiger partial charge in [-0.25, -0.2) is 19.4 Å². The Balaban J connectivity index is 1.72. The molecular weight excluding hydrogens is 454 g/mol. The molecule has 4 heterocycles. The Morgan fingerprint density at radius 3 is 2.83 bits per heavy atom. The van der Waals surface area contributed by atoms with Crippen molar-refractivity contribution in [3.8, 4) is 29.1 Å². The van der Waals surface area contributed by atoms with Crippen LogP contribution in [0.1, 0.15) is 52.1 Å². The number of nitrogens with zero attached hydrogens (tertiary/aromatic N) is 6. The number of aromatic nitrogens is 5. The van der Waals surface area contributed by atoms with Gasteiger partial charge in [-0.2, -0.15) is 0 Å². The Hall–Kier alpha value is -3.85. The summed E-state index contributed by atoms with van der Waals surface area (Å²) in [6, 6.07) is -0.0886. The second kappa shape index (κ2) is 9.79. The number of rotatable bonds is 6. The van der Waals surface area contributed by atoms with Crippen LogP contribution < -0.4 is 10.5 Å². The molecule has 0 aromatic carbocycles. The van der Waals surface area contributed by atoms with Crippen LogP contribution in [0.25, 0.3) is 22.6 Å². The topological polar surface area (TPSA) is 166 Å². The fourth-order valence-corrected chi connectivity index (χ4v) is 4.22. The van der Waals surface area contributed by atoms with E-state index in [9.17, 15) is 15.0 Å². The monoisotopic (exact) mass is 483 g/mol. The molecule has 12 nitrogen and oxygen atoms in total. The number of likely N-dealkylation sites (tertiary alicyclic amines) is 1. The smallest absolute Gasteiger partial charge is 0.407 e. The summed E-state index contributed by atoms with van der Waals surface area (Å²) in [5.74, 6) is 6.66. The van der Waals surface area contributed by atoms with Crippen LogP contribution in [0.4, 0.5) is 10.6 Å². The first-order chi connectivity index (χ1) is 16.7. The molecule has 0 radical (unpaired) electrons. The number of piperidine rings is 1. The standard InChI is InChI=1S/C23H29N7O5/c1-4-29-19-16(34-12-9-14-7-5-6-11-30(14)22(31)32)13-25-15(8-10-23(2,3)33)17(19)26-21(29)18-20(24)28-35-27-18/h13-14,33H,4-7,9,11-12H2,1-3H3,(H2,24,28)(H,31,32)/t14-/m0/s1. The number of anilines is 1. The van der Waals surface area contributed by atoms with Gasteiger partial charge in [0.1, 0.15) is 22.3 Å². The van der Waals surface area contributed by atoms with Crippen LogP contribution in [-0.2, 0) is 6.54 Å². The van der Waals surface area contributed by atoms with Gasteiger partial charge in [-0.15, -0.1) is 0 Å².